The summed E-state index contributed by atoms with van der Waals surface area (Å²) in [5.41, 5.74) is 0. The topological polar surface area (TPSA) is 0 Å². The van der Waals surface area contributed by atoms with E-state index in [0.717, 1.165) is 0 Å². The fraction of sp³-hybridized carbons (Fsp3) is 0. The van der Waals surface area contributed by atoms with E-state index >= 15 is 0 Å². The van der Waals surface area contributed by atoms with Crippen LogP contribution in [-0.4, -0.2) is 21.8 Å². The Morgan fingerprint density at radius 3 is 0.375 bits per heavy atom. The largest absolute Gasteiger partial charge is 1.00 e. The molecule has 16 heavy (non-hydrogen) atoms. The van der Waals surface area contributed by atoms with Gasteiger partial charge in [0.1, 0.15) is 0 Å². The third-order valence-electron chi connectivity index (χ3n) is 0. The van der Waals surface area contributed by atoms with E-state index in [0.29, 0.717) is 0 Å². The predicted octanol–water partition coefficient (Wildman–Crippen LogP) is 1.02. The van der Waals surface area contributed by atoms with Crippen molar-refractivity contribution in [2.75, 3.05) is 0 Å². The molecular formula is HB3F12Li-3. The van der Waals surface area contributed by atoms with Gasteiger partial charge in [-0.1, -0.05) is 0 Å². The van der Waals surface area contributed by atoms with Crippen molar-refractivity contribution in [3.05, 3.63) is 0 Å². The zero-order valence-corrected chi connectivity index (χ0v) is 7.27. The zero-order valence-electron chi connectivity index (χ0n) is 8.27. The van der Waals surface area contributed by atoms with Crippen LogP contribution in [0.2, 0.25) is 0 Å². The van der Waals surface area contributed by atoms with Crippen LogP contribution < -0.4 is 18.9 Å². The van der Waals surface area contributed by atoms with Crippen molar-refractivity contribution in [3.8, 4) is 0 Å². The summed E-state index contributed by atoms with van der Waals surface area (Å²) in [5, 5.41) is 0. The smallest absolute Gasteiger partial charge is 1.00 e. The molecule has 16 heteroatoms. The van der Waals surface area contributed by atoms with Crippen LogP contribution in [0.4, 0.5) is 51.8 Å². The summed E-state index contributed by atoms with van der Waals surface area (Å²) in [6.45, 7) is 0. The molecule has 0 aliphatic carbocycles. The van der Waals surface area contributed by atoms with Crippen LogP contribution in [0.25, 0.3) is 0 Å². The Morgan fingerprint density at radius 2 is 0.375 bits per heavy atom. The summed E-state index contributed by atoms with van der Waals surface area (Å²) < 4.78 is 117. The molecule has 0 rings (SSSR count). The van der Waals surface area contributed by atoms with Gasteiger partial charge in [0.05, 0.1) is 0 Å². The van der Waals surface area contributed by atoms with Gasteiger partial charge in [-0.15, -0.1) is 0 Å². The van der Waals surface area contributed by atoms with Crippen LogP contribution >= 0.6 is 0 Å². The number of rotatable bonds is 0. The third-order valence-corrected chi connectivity index (χ3v) is 0. The van der Waals surface area contributed by atoms with Crippen molar-refractivity contribution in [2.45, 2.75) is 0 Å². The van der Waals surface area contributed by atoms with Gasteiger partial charge in [-0.2, -0.15) is 0 Å². The minimum absolute atomic E-state index is 0. The van der Waals surface area contributed by atoms with Crippen molar-refractivity contribution in [2.24, 2.45) is 0 Å². The molecule has 0 radical (unpaired) electrons. The molecule has 0 nitrogen and oxygen atoms in total. The number of halogens is 12. The molecule has 0 unspecified atom stereocenters. The Labute approximate surface area is 94.7 Å². The van der Waals surface area contributed by atoms with E-state index in [9.17, 15) is 51.8 Å². The van der Waals surface area contributed by atoms with Crippen LogP contribution in [0.3, 0.4) is 0 Å². The molecule has 0 aromatic carbocycles. The van der Waals surface area contributed by atoms with E-state index in [4.69, 9.17) is 0 Å². The molecule has 0 aliphatic rings. The minimum atomic E-state index is -6.00. The van der Waals surface area contributed by atoms with Crippen LogP contribution in [0.5, 0.6) is 0 Å². The first kappa shape index (κ1) is 25.0. The zero-order chi connectivity index (χ0) is 13.5. The van der Waals surface area contributed by atoms with Crippen LogP contribution in [0, 0.1) is 0 Å². The maximum atomic E-state index is 9.75. The number of hydrogen-bond acceptors (Lipinski definition) is 0. The first-order valence-corrected chi connectivity index (χ1v) is 2.62. The monoisotopic (exact) mass is 269 g/mol. The summed E-state index contributed by atoms with van der Waals surface area (Å²) in [6.07, 6.45) is 0. The maximum Gasteiger partial charge on any atom is 1.00 e. The van der Waals surface area contributed by atoms with Crippen molar-refractivity contribution in [1.82, 2.24) is 0 Å². The average molecular weight is 268 g/mol. The number of hydrogen-bond donors (Lipinski definition) is 0. The summed E-state index contributed by atoms with van der Waals surface area (Å²) in [7, 11) is -18.0. The molecule has 0 aromatic rings. The molecule has 0 amide bonds. The Hall–Kier alpha value is -0.0478. The minimum Gasteiger partial charge on any atom is -1.00 e. The summed E-state index contributed by atoms with van der Waals surface area (Å²) in [6, 6.07) is 0. The molecule has 0 N–H and O–H groups in total. The molecule has 0 bridgehead atoms. The van der Waals surface area contributed by atoms with Crippen LogP contribution in [0.1, 0.15) is 1.43 Å². The second-order valence-electron chi connectivity index (χ2n) is 1.48. The predicted molar refractivity (Wildman–Crippen MR) is 31.7 cm³/mol. The van der Waals surface area contributed by atoms with Gasteiger partial charge in [0.25, 0.3) is 0 Å². The molecule has 0 spiro atoms. The average Bonchev–Trinajstić information content (AvgIpc) is 1.41. The van der Waals surface area contributed by atoms with Gasteiger partial charge in [0, 0.05) is 0 Å². The van der Waals surface area contributed by atoms with Gasteiger partial charge in [0.2, 0.25) is 0 Å². The molecule has 0 aliphatic heterocycles. The Morgan fingerprint density at radius 1 is 0.375 bits per heavy atom. The van der Waals surface area contributed by atoms with Crippen LogP contribution in [-0.2, 0) is 0 Å². The van der Waals surface area contributed by atoms with Gasteiger partial charge in [-0.3, -0.25) is 0 Å². The SMILES string of the molecule is F[B-](F)(F)F.F[B-](F)(F)F.F[B-](F)(F)F.[H-].[Li+]. The molecule has 0 heterocycles. The van der Waals surface area contributed by atoms with E-state index < -0.39 is 21.8 Å². The molecular weight excluding hydrogens is 267 g/mol. The Kier molecular flexibility index (Phi) is 14.1. The molecule has 98 valence electrons. The molecule has 0 saturated heterocycles. The van der Waals surface area contributed by atoms with E-state index in [2.05, 4.69) is 0 Å². The second kappa shape index (κ2) is 9.03. The first-order chi connectivity index (χ1) is 6.00. The second-order valence-corrected chi connectivity index (χ2v) is 1.48. The van der Waals surface area contributed by atoms with Crippen molar-refractivity contribution in [3.63, 3.8) is 0 Å². The standard InChI is InChI=1S/3BF4.Li.H/c3*2-1(3,4)5;;/q3*-1;+1;-1. The van der Waals surface area contributed by atoms with Gasteiger partial charge in [0.15, 0.2) is 0 Å². The van der Waals surface area contributed by atoms with E-state index in [1.807, 2.05) is 0 Å². The van der Waals surface area contributed by atoms with E-state index in [-0.39, 0.29) is 20.3 Å². The van der Waals surface area contributed by atoms with E-state index in [1.54, 1.807) is 0 Å². The molecule has 0 atom stereocenters. The third kappa shape index (κ3) is 1020000. The quantitative estimate of drug-likeness (QED) is 0.454. The molecule has 0 aromatic heterocycles. The summed E-state index contributed by atoms with van der Waals surface area (Å²) in [4.78, 5) is 0. The van der Waals surface area contributed by atoms with Crippen LogP contribution in [0.15, 0.2) is 0 Å². The Balaban J connectivity index is -0.0000000400. The van der Waals surface area contributed by atoms with Gasteiger partial charge < -0.3 is 53.2 Å². The fourth-order valence-electron chi connectivity index (χ4n) is 0. The fourth-order valence-corrected chi connectivity index (χ4v) is 0. The first-order valence-electron chi connectivity index (χ1n) is 2.62. The van der Waals surface area contributed by atoms with Gasteiger partial charge in [-0.25, -0.2) is 0 Å². The van der Waals surface area contributed by atoms with Gasteiger partial charge in [-0.05, 0) is 0 Å². The van der Waals surface area contributed by atoms with Crippen molar-refractivity contribution < 1.29 is 72.1 Å². The van der Waals surface area contributed by atoms with Crippen molar-refractivity contribution >= 4 is 21.8 Å². The van der Waals surface area contributed by atoms with Crippen molar-refractivity contribution in [1.29, 1.82) is 0 Å². The summed E-state index contributed by atoms with van der Waals surface area (Å²) in [5.74, 6) is 0. The molecule has 0 fully saturated rings. The summed E-state index contributed by atoms with van der Waals surface area (Å²) >= 11 is 0. The van der Waals surface area contributed by atoms with Gasteiger partial charge >= 0.3 is 40.6 Å². The normalized spacial score (nSPS) is 11.2. The van der Waals surface area contributed by atoms with E-state index in [1.165, 1.54) is 0 Å². The maximum absolute atomic E-state index is 9.75. The Bertz CT molecular complexity index is 96.8. The molecule has 0 saturated carbocycles.